The molecule has 1 atom stereocenters. The van der Waals surface area contributed by atoms with E-state index < -0.39 is 0 Å². The summed E-state index contributed by atoms with van der Waals surface area (Å²) in [6, 6.07) is 4.04. The van der Waals surface area contributed by atoms with Gasteiger partial charge in [-0.05, 0) is 27.2 Å². The van der Waals surface area contributed by atoms with Crippen LogP contribution in [0, 0.1) is 0 Å². The summed E-state index contributed by atoms with van der Waals surface area (Å²) in [4.78, 5) is 8.73. The molecule has 0 amide bonds. The molecule has 0 spiro atoms. The van der Waals surface area contributed by atoms with Gasteiger partial charge >= 0.3 is 0 Å². The van der Waals surface area contributed by atoms with E-state index in [0.717, 1.165) is 25.5 Å². The van der Waals surface area contributed by atoms with Gasteiger partial charge in [0.05, 0.1) is 0 Å². The average molecular weight is 221 g/mol. The molecule has 0 radical (unpaired) electrons. The Balaban J connectivity index is 2.17. The molecule has 16 heavy (non-hydrogen) atoms. The monoisotopic (exact) mass is 221 g/mol. The molecule has 0 fully saturated rings. The van der Waals surface area contributed by atoms with Gasteiger partial charge in [0.15, 0.2) is 0 Å². The fourth-order valence-corrected chi connectivity index (χ4v) is 2.05. The van der Waals surface area contributed by atoms with Crippen molar-refractivity contribution in [3.05, 3.63) is 23.9 Å². The zero-order chi connectivity index (χ0) is 11.5. The van der Waals surface area contributed by atoms with E-state index in [0.29, 0.717) is 0 Å². The molecule has 0 bridgehead atoms. The fourth-order valence-electron chi connectivity index (χ4n) is 2.05. The minimum atomic E-state index is 0.191. The zero-order valence-electron chi connectivity index (χ0n) is 10.2. The second kappa shape index (κ2) is 4.80. The molecule has 2 heterocycles. The number of hydrogen-bond donors (Lipinski definition) is 0. The highest BCUT2D eigenvalue weighted by Crippen LogP contribution is 2.21. The third kappa shape index (κ3) is 2.71. The number of ether oxygens (including phenoxy) is 1. The number of aromatic nitrogens is 1. The van der Waals surface area contributed by atoms with Crippen LogP contribution in [0.3, 0.4) is 0 Å². The summed E-state index contributed by atoms with van der Waals surface area (Å²) in [6.07, 6.45) is 1.98. The standard InChI is InChI=1S/C12H19N3O/c1-14(2)8-11-9-15(3)7-10-5-4-6-13-12(10)16-11/h4-6,11H,7-9H2,1-3H3. The van der Waals surface area contributed by atoms with Crippen LogP contribution in [0.25, 0.3) is 0 Å². The first kappa shape index (κ1) is 11.4. The molecule has 1 unspecified atom stereocenters. The van der Waals surface area contributed by atoms with Crippen molar-refractivity contribution in [3.63, 3.8) is 0 Å². The van der Waals surface area contributed by atoms with Gasteiger partial charge in [-0.2, -0.15) is 0 Å². The second-order valence-electron chi connectivity index (χ2n) is 4.67. The summed E-state index contributed by atoms with van der Waals surface area (Å²) in [5, 5.41) is 0. The van der Waals surface area contributed by atoms with Crippen LogP contribution < -0.4 is 4.74 Å². The Morgan fingerprint density at radius 2 is 2.38 bits per heavy atom. The lowest BCUT2D eigenvalue weighted by Crippen LogP contribution is -2.38. The van der Waals surface area contributed by atoms with Crippen LogP contribution in [0.4, 0.5) is 0 Å². The molecule has 1 aromatic heterocycles. The number of hydrogen-bond acceptors (Lipinski definition) is 4. The predicted molar refractivity (Wildman–Crippen MR) is 63.5 cm³/mol. The molecule has 0 aliphatic carbocycles. The maximum Gasteiger partial charge on any atom is 0.218 e. The van der Waals surface area contributed by atoms with Crippen molar-refractivity contribution in [2.24, 2.45) is 0 Å². The molecule has 0 N–H and O–H groups in total. The van der Waals surface area contributed by atoms with E-state index in [-0.39, 0.29) is 6.10 Å². The highest BCUT2D eigenvalue weighted by Gasteiger charge is 2.21. The van der Waals surface area contributed by atoms with E-state index in [1.54, 1.807) is 6.20 Å². The normalized spacial score (nSPS) is 21.4. The van der Waals surface area contributed by atoms with Crippen LogP contribution in [-0.2, 0) is 6.54 Å². The van der Waals surface area contributed by atoms with Gasteiger partial charge in [0.1, 0.15) is 6.10 Å². The molecule has 0 saturated heterocycles. The summed E-state index contributed by atoms with van der Waals surface area (Å²) >= 11 is 0. The third-order valence-electron chi connectivity index (χ3n) is 2.65. The Labute approximate surface area is 96.8 Å². The summed E-state index contributed by atoms with van der Waals surface area (Å²) < 4.78 is 5.94. The molecule has 1 aromatic rings. The van der Waals surface area contributed by atoms with Gasteiger partial charge in [-0.25, -0.2) is 4.98 Å². The molecular formula is C12H19N3O. The molecule has 88 valence electrons. The van der Waals surface area contributed by atoms with E-state index in [2.05, 4.69) is 42.0 Å². The Hall–Kier alpha value is -1.13. The molecule has 2 rings (SSSR count). The number of fused-ring (bicyclic) bond motifs is 1. The SMILES string of the molecule is CN(C)CC1CN(C)Cc2cccnc2O1. The molecule has 1 aliphatic heterocycles. The van der Waals surface area contributed by atoms with Crippen molar-refractivity contribution < 1.29 is 4.74 Å². The summed E-state index contributed by atoms with van der Waals surface area (Å²) in [6.45, 7) is 2.77. The van der Waals surface area contributed by atoms with Crippen LogP contribution in [0.1, 0.15) is 5.56 Å². The summed E-state index contributed by atoms with van der Waals surface area (Å²) in [7, 11) is 6.25. The Morgan fingerprint density at radius 1 is 1.56 bits per heavy atom. The lowest BCUT2D eigenvalue weighted by Gasteiger charge is -2.22. The first-order chi connectivity index (χ1) is 7.65. The van der Waals surface area contributed by atoms with Gasteiger partial charge < -0.3 is 9.64 Å². The molecule has 0 saturated carbocycles. The topological polar surface area (TPSA) is 28.6 Å². The highest BCUT2D eigenvalue weighted by atomic mass is 16.5. The first-order valence-electron chi connectivity index (χ1n) is 5.59. The van der Waals surface area contributed by atoms with Crippen LogP contribution in [0.15, 0.2) is 18.3 Å². The van der Waals surface area contributed by atoms with Crippen LogP contribution in [0.5, 0.6) is 5.88 Å². The number of likely N-dealkylation sites (N-methyl/N-ethyl adjacent to an activating group) is 2. The maximum absolute atomic E-state index is 5.94. The van der Waals surface area contributed by atoms with Gasteiger partial charge in [-0.1, -0.05) is 6.07 Å². The van der Waals surface area contributed by atoms with Gasteiger partial charge in [0.2, 0.25) is 5.88 Å². The number of rotatable bonds is 2. The maximum atomic E-state index is 5.94. The van der Waals surface area contributed by atoms with Crippen molar-refractivity contribution in [2.45, 2.75) is 12.6 Å². The van der Waals surface area contributed by atoms with E-state index in [1.807, 2.05) is 6.07 Å². The van der Waals surface area contributed by atoms with Gasteiger partial charge in [0, 0.05) is 31.4 Å². The molecule has 4 nitrogen and oxygen atoms in total. The molecule has 0 aromatic carbocycles. The quantitative estimate of drug-likeness (QED) is 0.740. The van der Waals surface area contributed by atoms with Crippen molar-refractivity contribution in [3.8, 4) is 5.88 Å². The summed E-state index contributed by atoms with van der Waals surface area (Å²) in [5.74, 6) is 0.790. The lowest BCUT2D eigenvalue weighted by atomic mass is 10.2. The van der Waals surface area contributed by atoms with Crippen molar-refractivity contribution in [2.75, 3.05) is 34.2 Å². The van der Waals surface area contributed by atoms with E-state index in [9.17, 15) is 0 Å². The van der Waals surface area contributed by atoms with Gasteiger partial charge in [0.25, 0.3) is 0 Å². The van der Waals surface area contributed by atoms with Gasteiger partial charge in [-0.3, -0.25) is 4.90 Å². The van der Waals surface area contributed by atoms with Crippen LogP contribution in [0.2, 0.25) is 0 Å². The molecular weight excluding hydrogens is 202 g/mol. The Bertz CT molecular complexity index is 354. The molecule has 1 aliphatic rings. The van der Waals surface area contributed by atoms with Crippen molar-refractivity contribution >= 4 is 0 Å². The Morgan fingerprint density at radius 3 is 3.12 bits per heavy atom. The lowest BCUT2D eigenvalue weighted by molar-refractivity contribution is 0.127. The Kier molecular flexibility index (Phi) is 3.41. The smallest absolute Gasteiger partial charge is 0.218 e. The van der Waals surface area contributed by atoms with Crippen LogP contribution in [-0.4, -0.2) is 55.1 Å². The van der Waals surface area contributed by atoms with Crippen LogP contribution >= 0.6 is 0 Å². The predicted octanol–water partition coefficient (Wildman–Crippen LogP) is 0.836. The first-order valence-corrected chi connectivity index (χ1v) is 5.59. The van der Waals surface area contributed by atoms with E-state index in [4.69, 9.17) is 4.74 Å². The fraction of sp³-hybridized carbons (Fsp3) is 0.583. The number of pyridine rings is 1. The average Bonchev–Trinajstić information content (AvgIpc) is 2.33. The zero-order valence-corrected chi connectivity index (χ0v) is 10.2. The minimum absolute atomic E-state index is 0.191. The molecule has 4 heteroatoms. The van der Waals surface area contributed by atoms with E-state index >= 15 is 0 Å². The van der Waals surface area contributed by atoms with Crippen molar-refractivity contribution in [1.29, 1.82) is 0 Å². The second-order valence-corrected chi connectivity index (χ2v) is 4.67. The van der Waals surface area contributed by atoms with Crippen molar-refractivity contribution in [1.82, 2.24) is 14.8 Å². The largest absolute Gasteiger partial charge is 0.471 e. The minimum Gasteiger partial charge on any atom is -0.471 e. The third-order valence-corrected chi connectivity index (χ3v) is 2.65. The summed E-state index contributed by atoms with van der Waals surface area (Å²) in [5.41, 5.74) is 1.17. The van der Waals surface area contributed by atoms with Gasteiger partial charge in [-0.15, -0.1) is 0 Å². The number of nitrogens with zero attached hydrogens (tertiary/aromatic N) is 3. The highest BCUT2D eigenvalue weighted by molar-refractivity contribution is 5.26. The van der Waals surface area contributed by atoms with E-state index in [1.165, 1.54) is 5.56 Å².